The quantitative estimate of drug-likeness (QED) is 0.342. The fourth-order valence-corrected chi connectivity index (χ4v) is 4.59. The monoisotopic (exact) mass is 481 g/mol. The molecule has 1 aliphatic carbocycles. The van der Waals surface area contributed by atoms with Gasteiger partial charge in [0.2, 0.25) is 0 Å². The first-order valence-electron chi connectivity index (χ1n) is 12.2. The van der Waals surface area contributed by atoms with Gasteiger partial charge in [-0.3, -0.25) is 4.79 Å². The molecule has 6 nitrogen and oxygen atoms in total. The molecular formula is C27H32ClN3O3. The van der Waals surface area contributed by atoms with E-state index in [0.717, 1.165) is 43.5 Å². The Bertz CT molecular complexity index is 1230. The largest absolute Gasteiger partial charge is 0.490 e. The molecule has 0 spiro atoms. The fraction of sp³-hybridized carbons (Fsp3) is 0.444. The van der Waals surface area contributed by atoms with E-state index in [2.05, 4.69) is 12.0 Å². The summed E-state index contributed by atoms with van der Waals surface area (Å²) in [5, 5.41) is 5.62. The normalized spacial score (nSPS) is 15.6. The fourth-order valence-electron chi connectivity index (χ4n) is 4.33. The van der Waals surface area contributed by atoms with Crippen LogP contribution in [0.2, 0.25) is 5.02 Å². The first kappa shape index (κ1) is 24.3. The van der Waals surface area contributed by atoms with E-state index in [0.29, 0.717) is 34.0 Å². The maximum absolute atomic E-state index is 13.4. The summed E-state index contributed by atoms with van der Waals surface area (Å²) in [4.78, 5) is 18.3. The number of aromatic nitrogens is 2. The van der Waals surface area contributed by atoms with Gasteiger partial charge >= 0.3 is 0 Å². The van der Waals surface area contributed by atoms with Crippen molar-refractivity contribution in [3.05, 3.63) is 63.2 Å². The van der Waals surface area contributed by atoms with Crippen LogP contribution in [0.5, 0.6) is 11.5 Å². The van der Waals surface area contributed by atoms with E-state index in [4.69, 9.17) is 26.1 Å². The van der Waals surface area contributed by atoms with Crippen LogP contribution in [0.1, 0.15) is 76.6 Å². The lowest BCUT2D eigenvalue weighted by molar-refractivity contribution is 0.203. The Morgan fingerprint density at radius 2 is 1.97 bits per heavy atom. The van der Waals surface area contributed by atoms with Crippen LogP contribution in [0.4, 0.5) is 0 Å². The second-order valence-corrected chi connectivity index (χ2v) is 9.19. The molecule has 1 aromatic heterocycles. The van der Waals surface area contributed by atoms with E-state index in [1.54, 1.807) is 18.3 Å². The Morgan fingerprint density at radius 3 is 2.71 bits per heavy atom. The van der Waals surface area contributed by atoms with E-state index in [-0.39, 0.29) is 17.6 Å². The van der Waals surface area contributed by atoms with Crippen LogP contribution in [0.15, 0.2) is 46.3 Å². The average molecular weight is 482 g/mol. The molecule has 1 atom stereocenters. The zero-order valence-electron chi connectivity index (χ0n) is 20.1. The molecule has 0 N–H and O–H groups in total. The van der Waals surface area contributed by atoms with Crippen LogP contribution in [-0.4, -0.2) is 28.6 Å². The highest BCUT2D eigenvalue weighted by Crippen LogP contribution is 2.37. The van der Waals surface area contributed by atoms with Gasteiger partial charge in [-0.2, -0.15) is 9.78 Å². The third kappa shape index (κ3) is 5.27. The zero-order valence-corrected chi connectivity index (χ0v) is 20.8. The second-order valence-electron chi connectivity index (χ2n) is 8.78. The molecule has 4 rings (SSSR count). The first-order valence-corrected chi connectivity index (χ1v) is 12.6. The Balaban J connectivity index is 1.77. The van der Waals surface area contributed by atoms with Gasteiger partial charge in [-0.1, -0.05) is 49.9 Å². The SMILES string of the molecule is CCOc1cc(C=Nn2c(C3CCCCC3)nc3ccccc3c2=O)cc(Cl)c1O[C@@H](C)CC. The topological polar surface area (TPSA) is 65.7 Å². The van der Waals surface area contributed by atoms with Crippen molar-refractivity contribution in [2.45, 2.75) is 71.3 Å². The van der Waals surface area contributed by atoms with Gasteiger partial charge in [-0.15, -0.1) is 0 Å². The molecule has 1 saturated carbocycles. The van der Waals surface area contributed by atoms with Gasteiger partial charge in [-0.05, 0) is 62.9 Å². The maximum Gasteiger partial charge on any atom is 0.282 e. The zero-order chi connectivity index (χ0) is 24.1. The molecule has 7 heteroatoms. The van der Waals surface area contributed by atoms with Crippen molar-refractivity contribution in [1.29, 1.82) is 0 Å². The van der Waals surface area contributed by atoms with E-state index in [1.165, 1.54) is 11.1 Å². The smallest absolute Gasteiger partial charge is 0.282 e. The number of halogens is 1. The lowest BCUT2D eigenvalue weighted by Crippen LogP contribution is -2.25. The highest BCUT2D eigenvalue weighted by atomic mass is 35.5. The first-order chi connectivity index (χ1) is 16.5. The summed E-state index contributed by atoms with van der Waals surface area (Å²) in [5.41, 5.74) is 1.28. The average Bonchev–Trinajstić information content (AvgIpc) is 2.86. The molecule has 0 amide bonds. The van der Waals surface area contributed by atoms with Crippen molar-refractivity contribution in [3.8, 4) is 11.5 Å². The van der Waals surface area contributed by atoms with E-state index < -0.39 is 0 Å². The predicted molar refractivity (Wildman–Crippen MR) is 138 cm³/mol. The Hall–Kier alpha value is -2.86. The molecule has 0 radical (unpaired) electrons. The van der Waals surface area contributed by atoms with Gasteiger partial charge in [0.1, 0.15) is 5.82 Å². The number of ether oxygens (including phenoxy) is 2. The Kier molecular flexibility index (Phi) is 7.88. The van der Waals surface area contributed by atoms with E-state index in [9.17, 15) is 4.79 Å². The third-order valence-corrected chi connectivity index (χ3v) is 6.58. The molecule has 1 heterocycles. The van der Waals surface area contributed by atoms with Crippen molar-refractivity contribution in [2.75, 3.05) is 6.61 Å². The summed E-state index contributed by atoms with van der Waals surface area (Å²) in [7, 11) is 0. The summed E-state index contributed by atoms with van der Waals surface area (Å²) in [6, 6.07) is 11.1. The van der Waals surface area contributed by atoms with Crippen molar-refractivity contribution >= 4 is 28.7 Å². The molecule has 0 saturated heterocycles. The Morgan fingerprint density at radius 1 is 1.21 bits per heavy atom. The number of benzene rings is 2. The lowest BCUT2D eigenvalue weighted by atomic mass is 9.88. The number of hydrogen-bond donors (Lipinski definition) is 0. The summed E-state index contributed by atoms with van der Waals surface area (Å²) < 4.78 is 13.3. The van der Waals surface area contributed by atoms with Crippen molar-refractivity contribution < 1.29 is 9.47 Å². The number of fused-ring (bicyclic) bond motifs is 1. The van der Waals surface area contributed by atoms with Crippen molar-refractivity contribution in [1.82, 2.24) is 9.66 Å². The lowest BCUT2D eigenvalue weighted by Gasteiger charge is -2.22. The van der Waals surface area contributed by atoms with Gasteiger partial charge in [0.05, 0.1) is 34.9 Å². The van der Waals surface area contributed by atoms with Crippen molar-refractivity contribution in [3.63, 3.8) is 0 Å². The van der Waals surface area contributed by atoms with E-state index >= 15 is 0 Å². The van der Waals surface area contributed by atoms with Gasteiger partial charge in [0.15, 0.2) is 11.5 Å². The minimum absolute atomic E-state index is 0.0107. The summed E-state index contributed by atoms with van der Waals surface area (Å²) in [6.45, 7) is 6.44. The predicted octanol–water partition coefficient (Wildman–Crippen LogP) is 6.56. The molecule has 1 aliphatic rings. The highest BCUT2D eigenvalue weighted by molar-refractivity contribution is 6.32. The molecule has 1 fully saturated rings. The van der Waals surface area contributed by atoms with Gasteiger partial charge in [-0.25, -0.2) is 4.98 Å². The van der Waals surface area contributed by atoms with Crippen LogP contribution < -0.4 is 15.0 Å². The molecule has 0 aliphatic heterocycles. The minimum atomic E-state index is -0.157. The number of nitrogens with zero attached hydrogens (tertiary/aromatic N) is 3. The molecular weight excluding hydrogens is 450 g/mol. The van der Waals surface area contributed by atoms with Crippen LogP contribution in [-0.2, 0) is 0 Å². The van der Waals surface area contributed by atoms with Gasteiger partial charge in [0, 0.05) is 5.92 Å². The maximum atomic E-state index is 13.4. The minimum Gasteiger partial charge on any atom is -0.490 e. The van der Waals surface area contributed by atoms with Crippen molar-refractivity contribution in [2.24, 2.45) is 5.10 Å². The summed E-state index contributed by atoms with van der Waals surface area (Å²) in [6.07, 6.45) is 8.05. The molecule has 0 unspecified atom stereocenters. The summed E-state index contributed by atoms with van der Waals surface area (Å²) >= 11 is 6.57. The molecule has 3 aromatic rings. The molecule has 2 aromatic carbocycles. The molecule has 180 valence electrons. The van der Waals surface area contributed by atoms with Crippen LogP contribution in [0.3, 0.4) is 0 Å². The molecule has 34 heavy (non-hydrogen) atoms. The van der Waals surface area contributed by atoms with Crippen LogP contribution in [0, 0.1) is 0 Å². The highest BCUT2D eigenvalue weighted by Gasteiger charge is 2.22. The third-order valence-electron chi connectivity index (χ3n) is 6.30. The van der Waals surface area contributed by atoms with E-state index in [1.807, 2.05) is 38.1 Å². The number of para-hydroxylation sites is 1. The number of rotatable bonds is 8. The standard InChI is InChI=1S/C27H32ClN3O3/c1-4-18(3)34-25-22(28)15-19(16-24(25)33-5-2)17-29-31-26(20-11-7-6-8-12-20)30-23-14-10-9-13-21(23)27(31)32/h9-10,13-18,20H,4-8,11-12H2,1-3H3/t18-/m0/s1. The van der Waals surface area contributed by atoms with Gasteiger partial charge < -0.3 is 9.47 Å². The Labute approximate surface area is 205 Å². The summed E-state index contributed by atoms with van der Waals surface area (Å²) in [5.74, 6) is 2.04. The van der Waals surface area contributed by atoms with Gasteiger partial charge in [0.25, 0.3) is 5.56 Å². The van der Waals surface area contributed by atoms with Crippen LogP contribution >= 0.6 is 11.6 Å². The molecule has 0 bridgehead atoms. The number of hydrogen-bond acceptors (Lipinski definition) is 5. The second kappa shape index (κ2) is 11.0. The van der Waals surface area contributed by atoms with Crippen LogP contribution in [0.25, 0.3) is 10.9 Å².